The van der Waals surface area contributed by atoms with Crippen LogP contribution in [0.4, 0.5) is 10.3 Å². The summed E-state index contributed by atoms with van der Waals surface area (Å²) in [6, 6.07) is 15.2. The summed E-state index contributed by atoms with van der Waals surface area (Å²) < 4.78 is 25.9. The highest BCUT2D eigenvalue weighted by Gasteiger charge is 2.14. The normalized spacial score (nSPS) is 10.8. The first-order chi connectivity index (χ1) is 15.5. The molecule has 0 saturated carbocycles. The highest BCUT2D eigenvalue weighted by molar-refractivity contribution is 6.31. The summed E-state index contributed by atoms with van der Waals surface area (Å²) in [5.41, 5.74) is 1.90. The molecule has 1 amide bonds. The van der Waals surface area contributed by atoms with Gasteiger partial charge in [-0.1, -0.05) is 36.7 Å². The Balaban J connectivity index is 1.33. The third-order valence-corrected chi connectivity index (χ3v) is 5.06. The van der Waals surface area contributed by atoms with Crippen molar-refractivity contribution in [3.8, 4) is 5.75 Å². The molecule has 0 aliphatic rings. The minimum atomic E-state index is -0.485. The Bertz CT molecular complexity index is 1220. The van der Waals surface area contributed by atoms with E-state index in [1.807, 2.05) is 24.3 Å². The Kier molecular flexibility index (Phi) is 6.51. The molecule has 2 aromatic heterocycles. The zero-order valence-electron chi connectivity index (χ0n) is 17.2. The Hall–Kier alpha value is -3.65. The van der Waals surface area contributed by atoms with Crippen LogP contribution in [0.15, 0.2) is 65.3 Å². The molecule has 0 aliphatic carbocycles. The molecule has 164 valence electrons. The van der Waals surface area contributed by atoms with Crippen LogP contribution in [0.2, 0.25) is 5.02 Å². The van der Waals surface area contributed by atoms with E-state index in [9.17, 15) is 9.18 Å². The number of nitrogens with one attached hydrogen (secondary N) is 1. The minimum Gasteiger partial charge on any atom is -0.486 e. The molecule has 4 rings (SSSR count). The van der Waals surface area contributed by atoms with Gasteiger partial charge in [0.15, 0.2) is 5.76 Å². The van der Waals surface area contributed by atoms with E-state index in [2.05, 4.69) is 22.3 Å². The minimum absolute atomic E-state index is 0.110. The molecule has 32 heavy (non-hydrogen) atoms. The van der Waals surface area contributed by atoms with Gasteiger partial charge in [0.1, 0.15) is 30.3 Å². The fraction of sp³-hybridized carbons (Fsp3) is 0.174. The summed E-state index contributed by atoms with van der Waals surface area (Å²) in [7, 11) is 0. The molecule has 0 unspecified atom stereocenters. The van der Waals surface area contributed by atoms with Gasteiger partial charge in [-0.15, -0.1) is 5.10 Å². The molecule has 0 atom stereocenters. The van der Waals surface area contributed by atoms with Crippen molar-refractivity contribution >= 4 is 23.5 Å². The van der Waals surface area contributed by atoms with Crippen LogP contribution in [0.25, 0.3) is 0 Å². The fourth-order valence-electron chi connectivity index (χ4n) is 2.97. The second-order valence-corrected chi connectivity index (χ2v) is 7.41. The zero-order valence-corrected chi connectivity index (χ0v) is 18.0. The van der Waals surface area contributed by atoms with E-state index in [1.54, 1.807) is 18.2 Å². The van der Waals surface area contributed by atoms with Crippen LogP contribution in [0.5, 0.6) is 5.75 Å². The lowest BCUT2D eigenvalue weighted by molar-refractivity contribution is 0.0991. The lowest BCUT2D eigenvalue weighted by Gasteiger charge is -2.05. The second-order valence-electron chi connectivity index (χ2n) is 7.01. The van der Waals surface area contributed by atoms with E-state index in [4.69, 9.17) is 20.8 Å². The Morgan fingerprint density at radius 1 is 1.19 bits per heavy atom. The van der Waals surface area contributed by atoms with E-state index in [0.717, 1.165) is 12.2 Å². The molecule has 9 heteroatoms. The van der Waals surface area contributed by atoms with Gasteiger partial charge < -0.3 is 9.15 Å². The quantitative estimate of drug-likeness (QED) is 0.400. The predicted molar refractivity (Wildman–Crippen MR) is 117 cm³/mol. The van der Waals surface area contributed by atoms with Gasteiger partial charge in [0, 0.05) is 5.02 Å². The molecule has 0 spiro atoms. The molecule has 0 fully saturated rings. The fourth-order valence-corrected chi connectivity index (χ4v) is 3.20. The smallest absolute Gasteiger partial charge is 0.293 e. The standard InChI is InChI=1S/C23H20ClFN4O3/c1-2-15-3-7-18(8-4-15)31-13-19-9-10-21(32-19)22(30)27-23-26-14-29(28-23)12-16-5-6-17(25)11-20(16)24/h3-11,14H,2,12-13H2,1H3,(H,27,28,30). The molecular formula is C23H20ClFN4O3. The third-order valence-electron chi connectivity index (χ3n) is 4.71. The van der Waals surface area contributed by atoms with Gasteiger partial charge in [-0.3, -0.25) is 10.1 Å². The van der Waals surface area contributed by atoms with Gasteiger partial charge in [0.2, 0.25) is 5.95 Å². The summed E-state index contributed by atoms with van der Waals surface area (Å²) in [5.74, 6) is 0.560. The van der Waals surface area contributed by atoms with Crippen molar-refractivity contribution < 1.29 is 18.3 Å². The average Bonchev–Trinajstić information content (AvgIpc) is 3.44. The zero-order chi connectivity index (χ0) is 22.5. The van der Waals surface area contributed by atoms with Gasteiger partial charge in [0.25, 0.3) is 5.91 Å². The van der Waals surface area contributed by atoms with Gasteiger partial charge in [0.05, 0.1) is 6.54 Å². The summed E-state index contributed by atoms with van der Waals surface area (Å²) in [6.45, 7) is 2.57. The van der Waals surface area contributed by atoms with Crippen molar-refractivity contribution in [2.45, 2.75) is 26.5 Å². The highest BCUT2D eigenvalue weighted by Crippen LogP contribution is 2.19. The maximum absolute atomic E-state index is 13.2. The number of rotatable bonds is 8. The Labute approximate surface area is 188 Å². The maximum atomic E-state index is 13.2. The molecule has 1 N–H and O–H groups in total. The number of aromatic nitrogens is 3. The van der Waals surface area contributed by atoms with Gasteiger partial charge in [-0.05, 0) is 53.9 Å². The molecular weight excluding hydrogens is 435 g/mol. The number of hydrogen-bond donors (Lipinski definition) is 1. The summed E-state index contributed by atoms with van der Waals surface area (Å²) in [5, 5.41) is 7.05. The molecule has 0 saturated heterocycles. The number of hydrogen-bond acceptors (Lipinski definition) is 5. The van der Waals surface area contributed by atoms with E-state index in [0.29, 0.717) is 11.3 Å². The van der Waals surface area contributed by atoms with Crippen molar-refractivity contribution in [3.63, 3.8) is 0 Å². The van der Waals surface area contributed by atoms with Gasteiger partial charge in [-0.2, -0.15) is 0 Å². The van der Waals surface area contributed by atoms with Crippen molar-refractivity contribution in [2.75, 3.05) is 5.32 Å². The van der Waals surface area contributed by atoms with Gasteiger partial charge in [-0.25, -0.2) is 14.1 Å². The second kappa shape index (κ2) is 9.65. The van der Waals surface area contributed by atoms with Crippen LogP contribution >= 0.6 is 11.6 Å². The number of amides is 1. The van der Waals surface area contributed by atoms with Crippen LogP contribution in [0, 0.1) is 5.82 Å². The predicted octanol–water partition coefficient (Wildman–Crippen LogP) is 5.11. The molecule has 0 radical (unpaired) electrons. The summed E-state index contributed by atoms with van der Waals surface area (Å²) >= 11 is 6.04. The van der Waals surface area contributed by atoms with E-state index >= 15 is 0 Å². The van der Waals surface area contributed by atoms with E-state index < -0.39 is 11.7 Å². The van der Waals surface area contributed by atoms with Crippen molar-refractivity contribution in [2.24, 2.45) is 0 Å². The lowest BCUT2D eigenvalue weighted by atomic mass is 10.2. The largest absolute Gasteiger partial charge is 0.486 e. The first kappa shape index (κ1) is 21.6. The number of furan rings is 1. The van der Waals surface area contributed by atoms with Crippen LogP contribution in [-0.4, -0.2) is 20.7 Å². The maximum Gasteiger partial charge on any atom is 0.293 e. The number of aryl methyl sites for hydroxylation is 1. The van der Waals surface area contributed by atoms with Crippen LogP contribution in [0.3, 0.4) is 0 Å². The Morgan fingerprint density at radius 2 is 2.00 bits per heavy atom. The third kappa shape index (κ3) is 5.33. The van der Waals surface area contributed by atoms with Gasteiger partial charge >= 0.3 is 0 Å². The monoisotopic (exact) mass is 454 g/mol. The average molecular weight is 455 g/mol. The Morgan fingerprint density at radius 3 is 2.75 bits per heavy atom. The van der Waals surface area contributed by atoms with Crippen molar-refractivity contribution in [3.05, 3.63) is 94.4 Å². The summed E-state index contributed by atoms with van der Waals surface area (Å²) in [4.78, 5) is 16.5. The van der Waals surface area contributed by atoms with Crippen molar-refractivity contribution in [1.29, 1.82) is 0 Å². The number of benzene rings is 2. The first-order valence-corrected chi connectivity index (χ1v) is 10.3. The molecule has 0 bridgehead atoms. The van der Waals surface area contributed by atoms with Crippen LogP contribution in [0.1, 0.15) is 34.4 Å². The number of halogens is 2. The first-order valence-electron chi connectivity index (χ1n) is 9.95. The topological polar surface area (TPSA) is 82.2 Å². The van der Waals surface area contributed by atoms with Crippen LogP contribution < -0.4 is 10.1 Å². The highest BCUT2D eigenvalue weighted by atomic mass is 35.5. The molecule has 2 aromatic carbocycles. The number of carbonyl (C=O) groups excluding carboxylic acids is 1. The summed E-state index contributed by atoms with van der Waals surface area (Å²) in [6.07, 6.45) is 2.41. The van der Waals surface area contributed by atoms with Crippen molar-refractivity contribution in [1.82, 2.24) is 14.8 Å². The molecule has 4 aromatic rings. The number of nitrogens with zero attached hydrogens (tertiary/aromatic N) is 3. The molecule has 0 aliphatic heterocycles. The van der Waals surface area contributed by atoms with E-state index in [1.165, 1.54) is 28.7 Å². The number of carbonyl (C=O) groups is 1. The number of anilines is 1. The lowest BCUT2D eigenvalue weighted by Crippen LogP contribution is -2.12. The number of ether oxygens (including phenoxy) is 1. The van der Waals surface area contributed by atoms with Crippen LogP contribution in [-0.2, 0) is 19.6 Å². The SMILES string of the molecule is CCc1ccc(OCc2ccc(C(=O)Nc3ncn(Cc4ccc(F)cc4Cl)n3)o2)cc1. The van der Waals surface area contributed by atoms with E-state index in [-0.39, 0.29) is 29.9 Å². The molecule has 2 heterocycles. The molecule has 7 nitrogen and oxygen atoms in total.